The summed E-state index contributed by atoms with van der Waals surface area (Å²) in [5.41, 5.74) is -0.942. The first-order valence-electron chi connectivity index (χ1n) is 6.55. The van der Waals surface area contributed by atoms with E-state index in [2.05, 4.69) is 0 Å². The van der Waals surface area contributed by atoms with Crippen molar-refractivity contribution in [1.29, 1.82) is 0 Å². The van der Waals surface area contributed by atoms with Crippen LogP contribution in [0.3, 0.4) is 0 Å². The van der Waals surface area contributed by atoms with E-state index in [1.54, 1.807) is 13.8 Å². The first kappa shape index (κ1) is 14.0. The largest absolute Gasteiger partial charge is 0.299 e. The van der Waals surface area contributed by atoms with E-state index in [0.29, 0.717) is 18.8 Å². The minimum atomic E-state index is -3.63. The number of carbonyl (C=O) groups excluding carboxylic acids is 1. The minimum absolute atomic E-state index is 0.111. The predicted octanol–water partition coefficient (Wildman–Crippen LogP) is 2.14. The fourth-order valence-corrected chi connectivity index (χ4v) is 5.67. The van der Waals surface area contributed by atoms with Crippen molar-refractivity contribution in [1.82, 2.24) is 0 Å². The van der Waals surface area contributed by atoms with E-state index in [9.17, 15) is 13.2 Å². The number of Topliss-reactive ketones (excluding diaryl/α,β-unsaturated/α-hetero) is 1. The maximum absolute atomic E-state index is 12.2. The Balaban J connectivity index is 2.30. The molecule has 0 aromatic carbocycles. The van der Waals surface area contributed by atoms with Crippen LogP contribution < -0.4 is 0 Å². The molecule has 0 amide bonds. The minimum Gasteiger partial charge on any atom is -0.299 e. The van der Waals surface area contributed by atoms with E-state index in [1.165, 1.54) is 0 Å². The molecular weight excluding hydrogens is 252 g/mol. The van der Waals surface area contributed by atoms with Gasteiger partial charge in [0.25, 0.3) is 10.1 Å². The molecule has 104 valence electrons. The van der Waals surface area contributed by atoms with Gasteiger partial charge in [-0.25, -0.2) is 0 Å². The van der Waals surface area contributed by atoms with Crippen LogP contribution in [0, 0.1) is 16.7 Å². The third-order valence-corrected chi connectivity index (χ3v) is 6.43. The third-order valence-electron chi connectivity index (χ3n) is 4.90. The zero-order valence-electron chi connectivity index (χ0n) is 11.5. The van der Waals surface area contributed by atoms with E-state index in [0.717, 1.165) is 6.42 Å². The summed E-state index contributed by atoms with van der Waals surface area (Å²) in [5, 5.41) is 0. The van der Waals surface area contributed by atoms with Crippen LogP contribution in [-0.4, -0.2) is 26.1 Å². The number of rotatable bonds is 4. The molecule has 2 rings (SSSR count). The van der Waals surface area contributed by atoms with Crippen LogP contribution in [0.15, 0.2) is 0 Å². The van der Waals surface area contributed by atoms with Crippen LogP contribution in [0.4, 0.5) is 0 Å². The van der Waals surface area contributed by atoms with E-state index in [1.807, 2.05) is 13.8 Å². The molecule has 2 aliphatic carbocycles. The van der Waals surface area contributed by atoms with Crippen molar-refractivity contribution in [2.75, 3.05) is 5.75 Å². The molecule has 0 radical (unpaired) electrons. The van der Waals surface area contributed by atoms with Crippen molar-refractivity contribution in [3.63, 3.8) is 0 Å². The van der Waals surface area contributed by atoms with Gasteiger partial charge in [-0.05, 0) is 38.0 Å². The van der Waals surface area contributed by atoms with Gasteiger partial charge in [0.15, 0.2) is 0 Å². The van der Waals surface area contributed by atoms with Gasteiger partial charge in [-0.15, -0.1) is 0 Å². The second-order valence-electron chi connectivity index (χ2n) is 6.51. The standard InChI is InChI=1S/C13H22O4S/c1-9(2)17-18(15,16)8-13-6-5-10(7-11(13)14)12(13,3)4/h9-10H,5-8H2,1-4H3/t10?,13-/m1/s1. The summed E-state index contributed by atoms with van der Waals surface area (Å²) >= 11 is 0. The molecule has 1 unspecified atom stereocenters. The van der Waals surface area contributed by atoms with Gasteiger partial charge in [-0.2, -0.15) is 8.42 Å². The molecule has 4 nitrogen and oxygen atoms in total. The van der Waals surface area contributed by atoms with Gasteiger partial charge in [0.2, 0.25) is 0 Å². The van der Waals surface area contributed by atoms with Gasteiger partial charge in [0.1, 0.15) is 5.78 Å². The van der Waals surface area contributed by atoms with Crippen LogP contribution in [0.2, 0.25) is 0 Å². The van der Waals surface area contributed by atoms with Crippen molar-refractivity contribution < 1.29 is 17.4 Å². The lowest BCUT2D eigenvalue weighted by Crippen LogP contribution is -2.42. The van der Waals surface area contributed by atoms with Gasteiger partial charge < -0.3 is 0 Å². The Morgan fingerprint density at radius 1 is 1.39 bits per heavy atom. The quantitative estimate of drug-likeness (QED) is 0.737. The van der Waals surface area contributed by atoms with Gasteiger partial charge in [-0.3, -0.25) is 8.98 Å². The second-order valence-corrected chi connectivity index (χ2v) is 8.11. The molecule has 0 aliphatic heterocycles. The molecule has 0 N–H and O–H groups in total. The normalized spacial score (nSPS) is 34.5. The maximum Gasteiger partial charge on any atom is 0.268 e. The van der Waals surface area contributed by atoms with Crippen LogP contribution in [0.1, 0.15) is 47.0 Å². The number of ketones is 1. The Kier molecular flexibility index (Phi) is 3.14. The monoisotopic (exact) mass is 274 g/mol. The number of hydrogen-bond acceptors (Lipinski definition) is 4. The van der Waals surface area contributed by atoms with Crippen molar-refractivity contribution in [2.45, 2.75) is 53.1 Å². The Morgan fingerprint density at radius 3 is 2.39 bits per heavy atom. The van der Waals surface area contributed by atoms with E-state index >= 15 is 0 Å². The molecule has 2 aliphatic rings. The third kappa shape index (κ3) is 1.92. The summed E-state index contributed by atoms with van der Waals surface area (Å²) in [6, 6.07) is 0. The lowest BCUT2D eigenvalue weighted by atomic mass is 9.70. The highest BCUT2D eigenvalue weighted by atomic mass is 32.2. The molecule has 0 heterocycles. The van der Waals surface area contributed by atoms with Crippen LogP contribution in [0.25, 0.3) is 0 Å². The number of carbonyl (C=O) groups is 1. The molecule has 2 saturated carbocycles. The molecule has 5 heteroatoms. The van der Waals surface area contributed by atoms with Crippen LogP contribution in [0.5, 0.6) is 0 Å². The smallest absolute Gasteiger partial charge is 0.268 e. The second kappa shape index (κ2) is 4.04. The first-order valence-corrected chi connectivity index (χ1v) is 8.13. The Hall–Kier alpha value is -0.420. The number of hydrogen-bond donors (Lipinski definition) is 0. The fraction of sp³-hybridized carbons (Fsp3) is 0.923. The molecule has 2 bridgehead atoms. The Bertz CT molecular complexity index is 463. The average molecular weight is 274 g/mol. The van der Waals surface area contributed by atoms with E-state index in [-0.39, 0.29) is 23.1 Å². The highest BCUT2D eigenvalue weighted by Gasteiger charge is 2.65. The zero-order chi connectivity index (χ0) is 13.8. The summed E-state index contributed by atoms with van der Waals surface area (Å²) in [7, 11) is -3.63. The van der Waals surface area contributed by atoms with Crippen molar-refractivity contribution in [3.05, 3.63) is 0 Å². The summed E-state index contributed by atoms with van der Waals surface area (Å²) in [6.45, 7) is 7.43. The molecular formula is C13H22O4S. The molecule has 0 spiro atoms. The summed E-state index contributed by atoms with van der Waals surface area (Å²) < 4.78 is 29.1. The van der Waals surface area contributed by atoms with E-state index < -0.39 is 15.5 Å². The predicted molar refractivity (Wildman–Crippen MR) is 68.6 cm³/mol. The summed E-state index contributed by atoms with van der Waals surface area (Å²) in [4.78, 5) is 12.2. The first-order chi connectivity index (χ1) is 8.11. The molecule has 0 aromatic heterocycles. The lowest BCUT2D eigenvalue weighted by Gasteiger charge is -2.35. The fourth-order valence-electron chi connectivity index (χ4n) is 3.74. The van der Waals surface area contributed by atoms with Crippen molar-refractivity contribution in [3.8, 4) is 0 Å². The summed E-state index contributed by atoms with van der Waals surface area (Å²) in [6.07, 6.45) is 1.80. The maximum atomic E-state index is 12.2. The van der Waals surface area contributed by atoms with Gasteiger partial charge in [-0.1, -0.05) is 13.8 Å². The highest BCUT2D eigenvalue weighted by Crippen LogP contribution is 2.64. The number of fused-ring (bicyclic) bond motifs is 2. The summed E-state index contributed by atoms with van der Waals surface area (Å²) in [5.74, 6) is 0.291. The molecule has 2 atom stereocenters. The topological polar surface area (TPSA) is 60.4 Å². The van der Waals surface area contributed by atoms with Crippen LogP contribution in [-0.2, 0) is 19.1 Å². The van der Waals surface area contributed by atoms with Gasteiger partial charge in [0.05, 0.1) is 17.3 Å². The van der Waals surface area contributed by atoms with E-state index in [4.69, 9.17) is 4.18 Å². The van der Waals surface area contributed by atoms with Gasteiger partial charge in [0, 0.05) is 6.42 Å². The molecule has 0 aromatic rings. The van der Waals surface area contributed by atoms with Crippen molar-refractivity contribution >= 4 is 15.9 Å². The Labute approximate surface area is 109 Å². The average Bonchev–Trinajstić information content (AvgIpc) is 2.48. The molecule has 18 heavy (non-hydrogen) atoms. The van der Waals surface area contributed by atoms with Gasteiger partial charge >= 0.3 is 0 Å². The van der Waals surface area contributed by atoms with Crippen LogP contribution >= 0.6 is 0 Å². The Morgan fingerprint density at radius 2 is 2.00 bits per heavy atom. The van der Waals surface area contributed by atoms with Crippen molar-refractivity contribution in [2.24, 2.45) is 16.7 Å². The zero-order valence-corrected chi connectivity index (χ0v) is 12.3. The highest BCUT2D eigenvalue weighted by molar-refractivity contribution is 7.86. The SMILES string of the molecule is CC(C)OS(=O)(=O)C[C@]12CCC(CC1=O)C2(C)C. The lowest BCUT2D eigenvalue weighted by molar-refractivity contribution is -0.128. The molecule has 0 saturated heterocycles. The molecule has 2 fully saturated rings.